The van der Waals surface area contributed by atoms with Gasteiger partial charge in [0.2, 0.25) is 0 Å². The molecular formula is C13H20. The third-order valence-electron chi connectivity index (χ3n) is 2.78. The molecule has 0 heteroatoms. The fourth-order valence-corrected chi connectivity index (χ4v) is 1.82. The van der Waals surface area contributed by atoms with Crippen molar-refractivity contribution < 1.29 is 0 Å². The van der Waals surface area contributed by atoms with Gasteiger partial charge in [-0.3, -0.25) is 0 Å². The van der Waals surface area contributed by atoms with E-state index in [1.54, 1.807) is 0 Å². The van der Waals surface area contributed by atoms with Crippen molar-refractivity contribution in [2.45, 2.75) is 39.5 Å². The first-order valence-electron chi connectivity index (χ1n) is 5.34. The summed E-state index contributed by atoms with van der Waals surface area (Å²) >= 11 is 0. The molecule has 0 N–H and O–H groups in total. The summed E-state index contributed by atoms with van der Waals surface area (Å²) in [5.74, 6) is 0.802. The van der Waals surface area contributed by atoms with E-state index in [1.165, 1.54) is 31.3 Å². The topological polar surface area (TPSA) is 0 Å². The number of rotatable bonds is 1. The van der Waals surface area contributed by atoms with Crippen LogP contribution in [0.1, 0.15) is 39.5 Å². The van der Waals surface area contributed by atoms with Crippen molar-refractivity contribution in [2.75, 3.05) is 0 Å². The summed E-state index contributed by atoms with van der Waals surface area (Å²) in [6.07, 6.45) is 16.1. The largest absolute Gasteiger partial charge is 0.0845 e. The Morgan fingerprint density at radius 1 is 1.31 bits per heavy atom. The second-order valence-electron chi connectivity index (χ2n) is 3.76. The van der Waals surface area contributed by atoms with Gasteiger partial charge in [-0.2, -0.15) is 0 Å². The van der Waals surface area contributed by atoms with Gasteiger partial charge in [0.1, 0.15) is 0 Å². The average Bonchev–Trinajstić information content (AvgIpc) is 2.16. The molecule has 0 bridgehead atoms. The van der Waals surface area contributed by atoms with Gasteiger partial charge < -0.3 is 0 Å². The van der Waals surface area contributed by atoms with E-state index in [2.05, 4.69) is 44.2 Å². The van der Waals surface area contributed by atoms with E-state index in [0.29, 0.717) is 0 Å². The van der Waals surface area contributed by atoms with E-state index in [1.807, 2.05) is 0 Å². The predicted octanol–water partition coefficient (Wildman–Crippen LogP) is 4.26. The van der Waals surface area contributed by atoms with Gasteiger partial charge in [0.25, 0.3) is 0 Å². The van der Waals surface area contributed by atoms with Crippen LogP contribution >= 0.6 is 0 Å². The minimum Gasteiger partial charge on any atom is -0.0845 e. The van der Waals surface area contributed by atoms with Crippen LogP contribution in [-0.2, 0) is 0 Å². The van der Waals surface area contributed by atoms with Crippen LogP contribution in [0.4, 0.5) is 0 Å². The molecule has 0 fully saturated rings. The molecule has 0 nitrogen and oxygen atoms in total. The van der Waals surface area contributed by atoms with Gasteiger partial charge in [-0.05, 0) is 38.5 Å². The maximum absolute atomic E-state index is 2.29. The van der Waals surface area contributed by atoms with Crippen LogP contribution in [0.15, 0.2) is 36.0 Å². The molecule has 0 heterocycles. The van der Waals surface area contributed by atoms with Gasteiger partial charge in [-0.25, -0.2) is 0 Å². The standard InChI is InChI=1S/C13H20/c1-3-13-11-9-7-5-4-6-8-10-12(13)2/h4-6,8,10,13H,3,7,9,11H2,1-2H3/b5-4+,8-6-,12-10+. The Labute approximate surface area is 82.0 Å². The summed E-state index contributed by atoms with van der Waals surface area (Å²) in [6, 6.07) is 0. The second-order valence-corrected chi connectivity index (χ2v) is 3.76. The van der Waals surface area contributed by atoms with Gasteiger partial charge in [-0.15, -0.1) is 0 Å². The number of hydrogen-bond acceptors (Lipinski definition) is 0. The molecule has 1 aliphatic carbocycles. The highest BCUT2D eigenvalue weighted by molar-refractivity contribution is 5.17. The molecule has 1 atom stereocenters. The Hall–Kier alpha value is -0.780. The van der Waals surface area contributed by atoms with Crippen molar-refractivity contribution in [1.82, 2.24) is 0 Å². The van der Waals surface area contributed by atoms with Gasteiger partial charge in [0, 0.05) is 0 Å². The molecule has 0 aromatic rings. The van der Waals surface area contributed by atoms with Gasteiger partial charge in [0.15, 0.2) is 0 Å². The Morgan fingerprint density at radius 3 is 2.92 bits per heavy atom. The molecule has 13 heavy (non-hydrogen) atoms. The number of hydrogen-bond donors (Lipinski definition) is 0. The molecule has 1 aliphatic rings. The Balaban J connectivity index is 2.67. The lowest BCUT2D eigenvalue weighted by Gasteiger charge is -2.15. The molecule has 1 unspecified atom stereocenters. The minimum absolute atomic E-state index is 0.802. The average molecular weight is 176 g/mol. The summed E-state index contributed by atoms with van der Waals surface area (Å²) < 4.78 is 0. The molecule has 72 valence electrons. The van der Waals surface area contributed by atoms with E-state index in [-0.39, 0.29) is 0 Å². The first kappa shape index (κ1) is 10.3. The summed E-state index contributed by atoms with van der Waals surface area (Å²) in [6.45, 7) is 4.54. The van der Waals surface area contributed by atoms with E-state index in [4.69, 9.17) is 0 Å². The molecule has 0 spiro atoms. The smallest absolute Gasteiger partial charge is 0.0205 e. The normalized spacial score (nSPS) is 33.1. The Bertz CT molecular complexity index is 218. The lowest BCUT2D eigenvalue weighted by Crippen LogP contribution is -2.00. The highest BCUT2D eigenvalue weighted by atomic mass is 14.1. The first-order chi connectivity index (χ1) is 6.34. The van der Waals surface area contributed by atoms with E-state index < -0.39 is 0 Å². The van der Waals surface area contributed by atoms with Crippen molar-refractivity contribution >= 4 is 0 Å². The molecule has 0 aromatic carbocycles. The van der Waals surface area contributed by atoms with Crippen molar-refractivity contribution in [1.29, 1.82) is 0 Å². The fraction of sp³-hybridized carbons (Fsp3) is 0.538. The van der Waals surface area contributed by atoms with Gasteiger partial charge in [0.05, 0.1) is 0 Å². The number of allylic oxidation sites excluding steroid dienone is 6. The van der Waals surface area contributed by atoms with Crippen LogP contribution in [0.2, 0.25) is 0 Å². The SMILES string of the molecule is CCC1CCC/C=C/C=C\C=C\1C. The Kier molecular flexibility index (Phi) is 4.59. The van der Waals surface area contributed by atoms with Crippen LogP contribution in [-0.4, -0.2) is 0 Å². The molecule has 0 aliphatic heterocycles. The summed E-state index contributed by atoms with van der Waals surface area (Å²) in [5, 5.41) is 0. The molecule has 0 saturated heterocycles. The fourth-order valence-electron chi connectivity index (χ4n) is 1.82. The van der Waals surface area contributed by atoms with Crippen molar-refractivity contribution in [2.24, 2.45) is 5.92 Å². The second kappa shape index (κ2) is 5.80. The first-order valence-corrected chi connectivity index (χ1v) is 5.34. The Morgan fingerprint density at radius 2 is 2.15 bits per heavy atom. The highest BCUT2D eigenvalue weighted by Crippen LogP contribution is 2.21. The van der Waals surface area contributed by atoms with Crippen LogP contribution in [0.5, 0.6) is 0 Å². The van der Waals surface area contributed by atoms with E-state index in [0.717, 1.165) is 5.92 Å². The summed E-state index contributed by atoms with van der Waals surface area (Å²) in [7, 11) is 0. The third kappa shape index (κ3) is 3.63. The quantitative estimate of drug-likeness (QED) is 0.560. The van der Waals surface area contributed by atoms with E-state index in [9.17, 15) is 0 Å². The molecule has 0 amide bonds. The zero-order chi connectivity index (χ0) is 9.52. The lowest BCUT2D eigenvalue weighted by molar-refractivity contribution is 0.522. The van der Waals surface area contributed by atoms with Gasteiger partial charge >= 0.3 is 0 Å². The van der Waals surface area contributed by atoms with Crippen LogP contribution in [0, 0.1) is 5.92 Å². The molecular weight excluding hydrogens is 156 g/mol. The predicted molar refractivity (Wildman–Crippen MR) is 59.7 cm³/mol. The van der Waals surface area contributed by atoms with Crippen LogP contribution < -0.4 is 0 Å². The van der Waals surface area contributed by atoms with Crippen LogP contribution in [0.25, 0.3) is 0 Å². The molecule has 0 saturated carbocycles. The molecule has 0 aromatic heterocycles. The third-order valence-corrected chi connectivity index (χ3v) is 2.78. The zero-order valence-electron chi connectivity index (χ0n) is 8.79. The minimum atomic E-state index is 0.802. The maximum Gasteiger partial charge on any atom is -0.0205 e. The summed E-state index contributed by atoms with van der Waals surface area (Å²) in [4.78, 5) is 0. The monoisotopic (exact) mass is 176 g/mol. The maximum atomic E-state index is 2.29. The summed E-state index contributed by atoms with van der Waals surface area (Å²) in [5.41, 5.74) is 1.54. The molecule has 0 radical (unpaired) electrons. The van der Waals surface area contributed by atoms with E-state index >= 15 is 0 Å². The van der Waals surface area contributed by atoms with Crippen molar-refractivity contribution in [3.05, 3.63) is 36.0 Å². The molecule has 1 rings (SSSR count). The van der Waals surface area contributed by atoms with Crippen molar-refractivity contribution in [3.8, 4) is 0 Å². The van der Waals surface area contributed by atoms with Gasteiger partial charge in [-0.1, -0.05) is 42.9 Å². The lowest BCUT2D eigenvalue weighted by atomic mass is 9.91. The van der Waals surface area contributed by atoms with Crippen molar-refractivity contribution in [3.63, 3.8) is 0 Å². The zero-order valence-corrected chi connectivity index (χ0v) is 8.79. The highest BCUT2D eigenvalue weighted by Gasteiger charge is 2.06. The van der Waals surface area contributed by atoms with Crippen LogP contribution in [0.3, 0.4) is 0 Å².